The Balaban J connectivity index is 1.72. The molecule has 2 N–H and O–H groups in total. The van der Waals surface area contributed by atoms with Crippen molar-refractivity contribution in [1.82, 2.24) is 5.32 Å². The van der Waals surface area contributed by atoms with E-state index in [1.807, 2.05) is 24.3 Å². The van der Waals surface area contributed by atoms with E-state index in [1.165, 1.54) is 16.0 Å². The molecule has 1 atom stereocenters. The molecule has 0 radical (unpaired) electrons. The minimum Gasteiger partial charge on any atom is -0.324 e. The van der Waals surface area contributed by atoms with E-state index in [-0.39, 0.29) is 18.5 Å². The molecular weight excluding hydrogens is 352 g/mol. The molecule has 0 saturated heterocycles. The molecule has 3 rings (SSSR count). The number of anilines is 1. The molecule has 1 aromatic heterocycles. The smallest absolute Gasteiger partial charge is 0.238 e. The van der Waals surface area contributed by atoms with Crippen LogP contribution < -0.4 is 10.6 Å². The third-order valence-electron chi connectivity index (χ3n) is 4.69. The van der Waals surface area contributed by atoms with Crippen LogP contribution in [0.2, 0.25) is 0 Å². The highest BCUT2D eigenvalue weighted by Gasteiger charge is 2.17. The van der Waals surface area contributed by atoms with Crippen LogP contribution in [0.15, 0.2) is 66.0 Å². The van der Waals surface area contributed by atoms with Crippen LogP contribution in [0.3, 0.4) is 0 Å². The molecule has 2 aromatic carbocycles. The molecule has 3 aromatic rings. The number of carbonyl (C=O) groups is 1. The molecule has 3 nitrogen and oxygen atoms in total. The molecule has 27 heavy (non-hydrogen) atoms. The predicted octanol–water partition coefficient (Wildman–Crippen LogP) is 5.19. The number of hydrogen-bond acceptors (Lipinski definition) is 3. The van der Waals surface area contributed by atoms with Crippen LogP contribution in [0.4, 0.5) is 5.69 Å². The fourth-order valence-corrected chi connectivity index (χ4v) is 4.09. The summed E-state index contributed by atoms with van der Waals surface area (Å²) in [4.78, 5) is 13.9. The highest BCUT2D eigenvalue weighted by Crippen LogP contribution is 2.26. The van der Waals surface area contributed by atoms with Crippen molar-refractivity contribution in [2.45, 2.75) is 32.7 Å². The first-order valence-electron chi connectivity index (χ1n) is 9.45. The normalized spacial score (nSPS) is 11.9. The SMILES string of the molecule is CCc1cccc(CC)c1NC(=O)CN[C@H](c1ccccc1)c1cccs1. The summed E-state index contributed by atoms with van der Waals surface area (Å²) in [6.45, 7) is 4.49. The quantitative estimate of drug-likeness (QED) is 0.566. The largest absolute Gasteiger partial charge is 0.324 e. The summed E-state index contributed by atoms with van der Waals surface area (Å²) >= 11 is 1.70. The van der Waals surface area contributed by atoms with Crippen molar-refractivity contribution in [3.05, 3.63) is 87.6 Å². The minimum atomic E-state index is -0.0110. The number of aryl methyl sites for hydroxylation is 2. The van der Waals surface area contributed by atoms with Crippen molar-refractivity contribution in [2.24, 2.45) is 0 Å². The molecule has 0 aliphatic heterocycles. The lowest BCUT2D eigenvalue weighted by Crippen LogP contribution is -2.32. The second-order valence-corrected chi connectivity index (χ2v) is 7.43. The zero-order chi connectivity index (χ0) is 19.1. The molecule has 0 saturated carbocycles. The van der Waals surface area contributed by atoms with Gasteiger partial charge in [-0.25, -0.2) is 0 Å². The first-order valence-corrected chi connectivity index (χ1v) is 10.3. The number of nitrogens with one attached hydrogen (secondary N) is 2. The molecule has 0 aliphatic carbocycles. The van der Waals surface area contributed by atoms with Crippen molar-refractivity contribution in [2.75, 3.05) is 11.9 Å². The highest BCUT2D eigenvalue weighted by molar-refractivity contribution is 7.10. The summed E-state index contributed by atoms with van der Waals surface area (Å²) < 4.78 is 0. The molecule has 4 heteroatoms. The minimum absolute atomic E-state index is 0.0110. The third-order valence-corrected chi connectivity index (χ3v) is 5.63. The van der Waals surface area contributed by atoms with Gasteiger partial charge in [-0.05, 0) is 41.0 Å². The maximum Gasteiger partial charge on any atom is 0.238 e. The molecule has 0 bridgehead atoms. The highest BCUT2D eigenvalue weighted by atomic mass is 32.1. The summed E-state index contributed by atoms with van der Waals surface area (Å²) in [6, 6.07) is 20.7. The number of amides is 1. The Kier molecular flexibility index (Phi) is 6.80. The average molecular weight is 379 g/mol. The predicted molar refractivity (Wildman–Crippen MR) is 114 cm³/mol. The van der Waals surface area contributed by atoms with E-state index in [2.05, 4.69) is 66.3 Å². The number of hydrogen-bond donors (Lipinski definition) is 2. The van der Waals surface area contributed by atoms with E-state index in [0.29, 0.717) is 0 Å². The van der Waals surface area contributed by atoms with Crippen molar-refractivity contribution in [1.29, 1.82) is 0 Å². The van der Waals surface area contributed by atoms with Crippen molar-refractivity contribution >= 4 is 22.9 Å². The molecule has 140 valence electrons. The van der Waals surface area contributed by atoms with Gasteiger partial charge >= 0.3 is 0 Å². The topological polar surface area (TPSA) is 41.1 Å². The fraction of sp³-hybridized carbons (Fsp3) is 0.261. The van der Waals surface area contributed by atoms with E-state index >= 15 is 0 Å². The van der Waals surface area contributed by atoms with Gasteiger partial charge in [0.1, 0.15) is 0 Å². The molecule has 0 spiro atoms. The Bertz CT molecular complexity index is 837. The van der Waals surface area contributed by atoms with Crippen LogP contribution in [-0.2, 0) is 17.6 Å². The van der Waals surface area contributed by atoms with E-state index in [9.17, 15) is 4.79 Å². The third kappa shape index (κ3) is 4.85. The molecular formula is C23H26N2OS. The van der Waals surface area contributed by atoms with Gasteiger partial charge in [-0.2, -0.15) is 0 Å². The van der Waals surface area contributed by atoms with Crippen LogP contribution in [-0.4, -0.2) is 12.5 Å². The first-order chi connectivity index (χ1) is 13.2. The van der Waals surface area contributed by atoms with E-state index < -0.39 is 0 Å². The van der Waals surface area contributed by atoms with Gasteiger partial charge in [0.2, 0.25) is 5.91 Å². The average Bonchev–Trinajstić information content (AvgIpc) is 3.23. The Morgan fingerprint density at radius 2 is 1.63 bits per heavy atom. The van der Waals surface area contributed by atoms with Crippen LogP contribution >= 0.6 is 11.3 Å². The van der Waals surface area contributed by atoms with Gasteiger partial charge in [-0.1, -0.05) is 68.4 Å². The number of benzene rings is 2. The Hall–Kier alpha value is -2.43. The van der Waals surface area contributed by atoms with Crippen LogP contribution in [0.5, 0.6) is 0 Å². The summed E-state index contributed by atoms with van der Waals surface area (Å²) in [6.07, 6.45) is 1.80. The summed E-state index contributed by atoms with van der Waals surface area (Å²) in [5.41, 5.74) is 4.50. The lowest BCUT2D eigenvalue weighted by atomic mass is 10.0. The lowest BCUT2D eigenvalue weighted by Gasteiger charge is -2.19. The number of para-hydroxylation sites is 1. The van der Waals surface area contributed by atoms with Crippen LogP contribution in [0, 0.1) is 0 Å². The van der Waals surface area contributed by atoms with Crippen molar-refractivity contribution in [3.8, 4) is 0 Å². The van der Waals surface area contributed by atoms with Crippen LogP contribution in [0.25, 0.3) is 0 Å². The zero-order valence-electron chi connectivity index (χ0n) is 15.9. The Labute approximate surface area is 165 Å². The van der Waals surface area contributed by atoms with Gasteiger partial charge in [0.05, 0.1) is 12.6 Å². The fourth-order valence-electron chi connectivity index (χ4n) is 3.27. The van der Waals surface area contributed by atoms with Gasteiger partial charge in [0, 0.05) is 10.6 Å². The summed E-state index contributed by atoms with van der Waals surface area (Å²) in [7, 11) is 0. The van der Waals surface area contributed by atoms with Gasteiger partial charge < -0.3 is 5.32 Å². The number of thiophene rings is 1. The molecule has 1 heterocycles. The standard InChI is InChI=1S/C23H26N2OS/c1-3-17-12-8-13-18(4-2)22(17)25-21(26)16-24-23(20-14-9-15-27-20)19-10-6-5-7-11-19/h5-15,23-24H,3-4,16H2,1-2H3,(H,25,26)/t23-/m1/s1. The Morgan fingerprint density at radius 3 is 2.22 bits per heavy atom. The van der Waals surface area contributed by atoms with E-state index in [4.69, 9.17) is 0 Å². The number of carbonyl (C=O) groups excluding carboxylic acids is 1. The molecule has 0 unspecified atom stereocenters. The summed E-state index contributed by atoms with van der Waals surface area (Å²) in [5, 5.41) is 8.63. The maximum atomic E-state index is 12.7. The molecule has 0 aliphatic rings. The van der Waals surface area contributed by atoms with E-state index in [1.54, 1.807) is 11.3 Å². The maximum absolute atomic E-state index is 12.7. The molecule has 1 amide bonds. The monoisotopic (exact) mass is 378 g/mol. The molecule has 0 fully saturated rings. The van der Waals surface area contributed by atoms with Gasteiger partial charge in [0.15, 0.2) is 0 Å². The van der Waals surface area contributed by atoms with Crippen molar-refractivity contribution < 1.29 is 4.79 Å². The van der Waals surface area contributed by atoms with Gasteiger partial charge in [0.25, 0.3) is 0 Å². The second kappa shape index (κ2) is 9.49. The second-order valence-electron chi connectivity index (χ2n) is 6.45. The zero-order valence-corrected chi connectivity index (χ0v) is 16.7. The van der Waals surface area contributed by atoms with Crippen LogP contribution in [0.1, 0.15) is 41.5 Å². The van der Waals surface area contributed by atoms with Crippen molar-refractivity contribution in [3.63, 3.8) is 0 Å². The Morgan fingerprint density at radius 1 is 0.926 bits per heavy atom. The van der Waals surface area contributed by atoms with E-state index in [0.717, 1.165) is 24.1 Å². The summed E-state index contributed by atoms with van der Waals surface area (Å²) in [5.74, 6) is -0.0110. The first kappa shape index (κ1) is 19.3. The lowest BCUT2D eigenvalue weighted by molar-refractivity contribution is -0.115. The van der Waals surface area contributed by atoms with Gasteiger partial charge in [-0.3, -0.25) is 10.1 Å². The van der Waals surface area contributed by atoms with Gasteiger partial charge in [-0.15, -0.1) is 11.3 Å². The number of rotatable bonds is 8.